The Labute approximate surface area is 508 Å². The maximum Gasteiger partial charge on any atom is 0.305 e. The van der Waals surface area contributed by atoms with E-state index in [0.29, 0.717) is 25.9 Å². The first-order valence-electron chi connectivity index (χ1n) is 37.4. The molecular formula is C75H147NO5. The lowest BCUT2D eigenvalue weighted by Gasteiger charge is -2.22. The fourth-order valence-electron chi connectivity index (χ4n) is 12.1. The lowest BCUT2D eigenvalue weighted by atomic mass is 10.0. The molecule has 1 amide bonds. The topological polar surface area (TPSA) is 95.9 Å². The molecule has 0 heterocycles. The zero-order chi connectivity index (χ0) is 58.5. The molecule has 0 aromatic rings. The van der Waals surface area contributed by atoms with Gasteiger partial charge in [0.2, 0.25) is 5.91 Å². The molecule has 482 valence electrons. The van der Waals surface area contributed by atoms with Gasteiger partial charge in [0.05, 0.1) is 25.4 Å². The van der Waals surface area contributed by atoms with Crippen LogP contribution in [0, 0.1) is 0 Å². The van der Waals surface area contributed by atoms with E-state index >= 15 is 0 Å². The van der Waals surface area contributed by atoms with Crippen LogP contribution in [0.2, 0.25) is 0 Å². The van der Waals surface area contributed by atoms with Crippen LogP contribution >= 0.6 is 0 Å². The van der Waals surface area contributed by atoms with Gasteiger partial charge in [-0.2, -0.15) is 0 Å². The molecule has 0 saturated carbocycles. The lowest BCUT2D eigenvalue weighted by molar-refractivity contribution is -0.143. The van der Waals surface area contributed by atoms with Gasteiger partial charge in [-0.05, 0) is 51.4 Å². The predicted octanol–water partition coefficient (Wildman–Crippen LogP) is 24.3. The van der Waals surface area contributed by atoms with Crippen molar-refractivity contribution in [2.75, 3.05) is 13.2 Å². The number of hydrogen-bond donors (Lipinski definition) is 3. The number of nitrogens with one attached hydrogen (secondary N) is 1. The summed E-state index contributed by atoms with van der Waals surface area (Å²) in [4.78, 5) is 24.6. The van der Waals surface area contributed by atoms with Crippen molar-refractivity contribution in [2.45, 2.75) is 443 Å². The minimum absolute atomic E-state index is 0.0198. The molecular weight excluding hydrogens is 995 g/mol. The van der Waals surface area contributed by atoms with Gasteiger partial charge in [0.1, 0.15) is 0 Å². The van der Waals surface area contributed by atoms with Gasteiger partial charge in [0.15, 0.2) is 0 Å². The Kier molecular flexibility index (Phi) is 69.9. The Morgan fingerprint density at radius 2 is 0.580 bits per heavy atom. The highest BCUT2D eigenvalue weighted by molar-refractivity contribution is 5.76. The van der Waals surface area contributed by atoms with Crippen LogP contribution in [0.4, 0.5) is 0 Å². The predicted molar refractivity (Wildman–Crippen MR) is 357 cm³/mol. The van der Waals surface area contributed by atoms with Crippen molar-refractivity contribution < 1.29 is 24.5 Å². The summed E-state index contributed by atoms with van der Waals surface area (Å²) in [6, 6.07) is -0.536. The van der Waals surface area contributed by atoms with Crippen LogP contribution in [0.15, 0.2) is 12.2 Å². The number of carbonyl (C=O) groups is 2. The van der Waals surface area contributed by atoms with E-state index < -0.39 is 12.1 Å². The quantitative estimate of drug-likeness (QED) is 0.0320. The van der Waals surface area contributed by atoms with E-state index in [1.165, 1.54) is 360 Å². The number of aliphatic hydroxyl groups excluding tert-OH is 2. The van der Waals surface area contributed by atoms with Gasteiger partial charge in [-0.25, -0.2) is 0 Å². The van der Waals surface area contributed by atoms with Gasteiger partial charge in [0.25, 0.3) is 0 Å². The summed E-state index contributed by atoms with van der Waals surface area (Å²) >= 11 is 0. The smallest absolute Gasteiger partial charge is 0.305 e. The normalized spacial score (nSPS) is 12.5. The average molecular weight is 1140 g/mol. The second-order valence-corrected chi connectivity index (χ2v) is 26.0. The Bertz CT molecular complexity index is 1220. The molecule has 2 unspecified atom stereocenters. The summed E-state index contributed by atoms with van der Waals surface area (Å²) in [6.45, 7) is 4.99. The first-order valence-corrected chi connectivity index (χ1v) is 37.4. The van der Waals surface area contributed by atoms with Crippen LogP contribution < -0.4 is 5.32 Å². The summed E-state index contributed by atoms with van der Waals surface area (Å²) in [7, 11) is 0. The second kappa shape index (κ2) is 71.1. The van der Waals surface area contributed by atoms with Crippen molar-refractivity contribution in [1.82, 2.24) is 5.32 Å². The number of ether oxygens (including phenoxy) is 1. The average Bonchev–Trinajstić information content (AvgIpc) is 3.47. The molecule has 0 spiro atoms. The van der Waals surface area contributed by atoms with Gasteiger partial charge >= 0.3 is 5.97 Å². The summed E-state index contributed by atoms with van der Waals surface area (Å²) in [5.74, 6) is -0.00762. The van der Waals surface area contributed by atoms with E-state index in [1.807, 2.05) is 0 Å². The number of esters is 1. The minimum Gasteiger partial charge on any atom is -0.466 e. The van der Waals surface area contributed by atoms with Crippen LogP contribution in [-0.4, -0.2) is 47.4 Å². The highest BCUT2D eigenvalue weighted by Gasteiger charge is 2.20. The molecule has 0 aromatic heterocycles. The molecule has 6 nitrogen and oxygen atoms in total. The number of hydrogen-bond acceptors (Lipinski definition) is 5. The second-order valence-electron chi connectivity index (χ2n) is 26.0. The zero-order valence-corrected chi connectivity index (χ0v) is 55.3. The van der Waals surface area contributed by atoms with E-state index in [2.05, 4.69) is 31.3 Å². The van der Waals surface area contributed by atoms with E-state index in [-0.39, 0.29) is 18.5 Å². The fraction of sp³-hybridized carbons (Fsp3) is 0.947. The largest absolute Gasteiger partial charge is 0.466 e. The number of allylic oxidation sites excluding steroid dienone is 2. The van der Waals surface area contributed by atoms with Crippen LogP contribution in [0.5, 0.6) is 0 Å². The minimum atomic E-state index is -0.659. The zero-order valence-electron chi connectivity index (χ0n) is 55.3. The molecule has 0 saturated heterocycles. The number of aliphatic hydroxyl groups is 2. The molecule has 0 aliphatic carbocycles. The third kappa shape index (κ3) is 67.6. The molecule has 3 N–H and O–H groups in total. The monoisotopic (exact) mass is 1140 g/mol. The van der Waals surface area contributed by atoms with E-state index in [4.69, 9.17) is 4.74 Å². The van der Waals surface area contributed by atoms with Crippen molar-refractivity contribution in [3.8, 4) is 0 Å². The van der Waals surface area contributed by atoms with Crippen LogP contribution in [0.25, 0.3) is 0 Å². The molecule has 0 bridgehead atoms. The number of carbonyl (C=O) groups excluding carboxylic acids is 2. The third-order valence-corrected chi connectivity index (χ3v) is 17.8. The summed E-state index contributed by atoms with van der Waals surface area (Å²) in [6.07, 6.45) is 88.6. The Balaban J connectivity index is 3.29. The summed E-state index contributed by atoms with van der Waals surface area (Å²) in [5.41, 5.74) is 0. The molecule has 0 rings (SSSR count). The number of unbranched alkanes of at least 4 members (excludes halogenated alkanes) is 58. The van der Waals surface area contributed by atoms with Gasteiger partial charge in [-0.15, -0.1) is 0 Å². The molecule has 0 aromatic carbocycles. The van der Waals surface area contributed by atoms with Gasteiger partial charge in [-0.3, -0.25) is 9.59 Å². The van der Waals surface area contributed by atoms with Crippen molar-refractivity contribution in [1.29, 1.82) is 0 Å². The van der Waals surface area contributed by atoms with E-state index in [1.54, 1.807) is 0 Å². The van der Waals surface area contributed by atoms with E-state index in [0.717, 1.165) is 38.5 Å². The van der Waals surface area contributed by atoms with Gasteiger partial charge in [0, 0.05) is 12.8 Å². The van der Waals surface area contributed by atoms with Crippen molar-refractivity contribution in [2.24, 2.45) is 0 Å². The van der Waals surface area contributed by atoms with E-state index in [9.17, 15) is 19.8 Å². The lowest BCUT2D eigenvalue weighted by Crippen LogP contribution is -2.45. The van der Waals surface area contributed by atoms with Crippen molar-refractivity contribution in [3.63, 3.8) is 0 Å². The van der Waals surface area contributed by atoms with Gasteiger partial charge in [-0.1, -0.05) is 379 Å². The van der Waals surface area contributed by atoms with Crippen LogP contribution in [-0.2, 0) is 14.3 Å². The SMILES string of the molecule is CCCCCCCCC/C=C\CCCCCCCCCC(=O)OCCCCCCCCCCCCCCCCCCCCCCCCCCCCCCCCCCCC(=O)NC(CO)C(O)CCCCCCCCCCCCCCC. The van der Waals surface area contributed by atoms with Gasteiger partial charge < -0.3 is 20.3 Å². The highest BCUT2D eigenvalue weighted by atomic mass is 16.5. The summed E-state index contributed by atoms with van der Waals surface area (Å²) < 4.78 is 5.51. The molecule has 2 atom stereocenters. The van der Waals surface area contributed by atoms with Crippen LogP contribution in [0.1, 0.15) is 431 Å². The molecule has 0 aliphatic rings. The van der Waals surface area contributed by atoms with Crippen LogP contribution in [0.3, 0.4) is 0 Å². The fourth-order valence-corrected chi connectivity index (χ4v) is 12.1. The standard InChI is InChI=1S/C75H147NO5/c1-3-5-7-9-11-13-15-17-18-19-38-41-45-49-53-57-61-65-69-75(80)81-70-66-62-58-54-50-46-42-39-36-34-32-30-28-26-24-22-20-21-23-25-27-29-31-33-35-37-40-44-48-52-56-60-64-68-74(79)76-72(71-77)73(78)67-63-59-55-51-47-43-16-14-12-10-8-6-4-2/h18-19,72-73,77-78H,3-17,20-71H2,1-2H3,(H,76,79)/b19-18-. The maximum atomic E-state index is 12.5. The summed E-state index contributed by atoms with van der Waals surface area (Å²) in [5, 5.41) is 23.3. The third-order valence-electron chi connectivity index (χ3n) is 17.8. The molecule has 81 heavy (non-hydrogen) atoms. The maximum absolute atomic E-state index is 12.5. The van der Waals surface area contributed by atoms with Crippen molar-refractivity contribution in [3.05, 3.63) is 12.2 Å². The number of rotatable bonds is 71. The Morgan fingerprint density at radius 3 is 0.877 bits per heavy atom. The first-order chi connectivity index (χ1) is 40.0. The molecule has 0 radical (unpaired) electrons. The molecule has 6 heteroatoms. The molecule has 0 aliphatic heterocycles. The van der Waals surface area contributed by atoms with Crippen molar-refractivity contribution >= 4 is 11.9 Å². The Morgan fingerprint density at radius 1 is 0.333 bits per heavy atom. The molecule has 0 fully saturated rings. The Hall–Kier alpha value is -1.40. The number of amides is 1. The highest BCUT2D eigenvalue weighted by Crippen LogP contribution is 2.20. The first kappa shape index (κ1) is 79.6.